The molecule has 0 spiro atoms. The van der Waals surface area contributed by atoms with Crippen LogP contribution in [-0.2, 0) is 21.4 Å². The number of hydrogen-bond acceptors (Lipinski definition) is 7. The molecule has 0 unspecified atom stereocenters. The van der Waals surface area contributed by atoms with Crippen molar-refractivity contribution in [2.75, 3.05) is 33.3 Å². The van der Waals surface area contributed by atoms with Gasteiger partial charge in [0.2, 0.25) is 5.91 Å². The molecule has 3 rings (SSSR count). The summed E-state index contributed by atoms with van der Waals surface area (Å²) in [5.41, 5.74) is 0.388. The number of amides is 2. The van der Waals surface area contributed by atoms with E-state index in [1.54, 1.807) is 32.8 Å². The van der Waals surface area contributed by atoms with Crippen LogP contribution in [0, 0.1) is 12.8 Å². The zero-order valence-electron chi connectivity index (χ0n) is 17.6. The van der Waals surface area contributed by atoms with Gasteiger partial charge in [0.05, 0.1) is 35.7 Å². The third-order valence-electron chi connectivity index (χ3n) is 5.39. The summed E-state index contributed by atoms with van der Waals surface area (Å²) in [6.45, 7) is 4.71. The summed E-state index contributed by atoms with van der Waals surface area (Å²) >= 11 is 1.16. The second-order valence-electron chi connectivity index (χ2n) is 7.47. The van der Waals surface area contributed by atoms with E-state index in [0.29, 0.717) is 53.2 Å². The lowest BCUT2D eigenvalue weighted by Gasteiger charge is -2.32. The van der Waals surface area contributed by atoms with Crippen LogP contribution >= 0.6 is 11.3 Å². The molecule has 9 nitrogen and oxygen atoms in total. The fourth-order valence-corrected chi connectivity index (χ4v) is 4.72. The van der Waals surface area contributed by atoms with Crippen LogP contribution in [-0.4, -0.2) is 70.4 Å². The van der Waals surface area contributed by atoms with Gasteiger partial charge >= 0.3 is 5.97 Å². The van der Waals surface area contributed by atoms with E-state index in [-0.39, 0.29) is 35.8 Å². The van der Waals surface area contributed by atoms with Crippen LogP contribution in [0.5, 0.6) is 0 Å². The SMILES string of the molecule is CCOC(=O)C1CCN(C(=O)CN(C)C(=O)c2sc3ncn(C)c(=O)c3c2C)CC1. The minimum Gasteiger partial charge on any atom is -0.466 e. The van der Waals surface area contributed by atoms with Gasteiger partial charge < -0.3 is 19.1 Å². The fraction of sp³-hybridized carbons (Fsp3) is 0.550. The molecule has 2 amide bonds. The van der Waals surface area contributed by atoms with Crippen LogP contribution < -0.4 is 5.56 Å². The zero-order valence-corrected chi connectivity index (χ0v) is 18.5. The molecule has 3 heterocycles. The molecular formula is C20H26N4O5S. The number of aryl methyl sites for hydroxylation is 2. The standard InChI is InChI=1S/C20H26N4O5S/c1-5-29-20(28)13-6-8-24(9-7-13)14(25)10-22(3)19(27)16-12(2)15-17(30-16)21-11-23(4)18(15)26/h11,13H,5-10H2,1-4H3. The highest BCUT2D eigenvalue weighted by molar-refractivity contribution is 7.20. The molecule has 2 aromatic rings. The Bertz CT molecular complexity index is 1040. The molecule has 0 aromatic carbocycles. The van der Waals surface area contributed by atoms with Crippen LogP contribution in [0.4, 0.5) is 0 Å². The summed E-state index contributed by atoms with van der Waals surface area (Å²) in [7, 11) is 3.18. The number of rotatable bonds is 5. The lowest BCUT2D eigenvalue weighted by molar-refractivity contribution is -0.151. The van der Waals surface area contributed by atoms with Crippen molar-refractivity contribution in [3.63, 3.8) is 0 Å². The molecule has 0 atom stereocenters. The van der Waals surface area contributed by atoms with Crippen LogP contribution in [0.3, 0.4) is 0 Å². The van der Waals surface area contributed by atoms with Crippen LogP contribution in [0.25, 0.3) is 10.2 Å². The first-order valence-corrected chi connectivity index (χ1v) is 10.7. The normalized spacial score (nSPS) is 14.7. The molecule has 10 heteroatoms. The molecule has 30 heavy (non-hydrogen) atoms. The highest BCUT2D eigenvalue weighted by atomic mass is 32.1. The van der Waals surface area contributed by atoms with E-state index in [0.717, 1.165) is 11.3 Å². The quantitative estimate of drug-likeness (QED) is 0.655. The van der Waals surface area contributed by atoms with Gasteiger partial charge in [0.1, 0.15) is 4.83 Å². The zero-order chi connectivity index (χ0) is 22.0. The second-order valence-corrected chi connectivity index (χ2v) is 8.46. The highest BCUT2D eigenvalue weighted by Gasteiger charge is 2.30. The first-order chi connectivity index (χ1) is 14.2. The summed E-state index contributed by atoms with van der Waals surface area (Å²) in [6, 6.07) is 0. The van der Waals surface area contributed by atoms with E-state index in [1.807, 2.05) is 0 Å². The number of carbonyl (C=O) groups excluding carboxylic acids is 3. The van der Waals surface area contributed by atoms with Gasteiger partial charge in [-0.2, -0.15) is 0 Å². The van der Waals surface area contributed by atoms with Crippen molar-refractivity contribution in [2.45, 2.75) is 26.7 Å². The lowest BCUT2D eigenvalue weighted by atomic mass is 9.97. The van der Waals surface area contributed by atoms with Gasteiger partial charge in [-0.25, -0.2) is 4.98 Å². The highest BCUT2D eigenvalue weighted by Crippen LogP contribution is 2.27. The van der Waals surface area contributed by atoms with E-state index < -0.39 is 0 Å². The Balaban J connectivity index is 1.65. The largest absolute Gasteiger partial charge is 0.466 e. The summed E-state index contributed by atoms with van der Waals surface area (Å²) in [5, 5.41) is 0.439. The molecule has 162 valence electrons. The van der Waals surface area contributed by atoms with Crippen molar-refractivity contribution < 1.29 is 19.1 Å². The van der Waals surface area contributed by atoms with Crippen LogP contribution in [0.1, 0.15) is 35.0 Å². The van der Waals surface area contributed by atoms with Gasteiger partial charge in [-0.15, -0.1) is 11.3 Å². The molecule has 1 aliphatic heterocycles. The third kappa shape index (κ3) is 4.23. The van der Waals surface area contributed by atoms with Crippen molar-refractivity contribution in [1.29, 1.82) is 0 Å². The molecule has 0 saturated carbocycles. The maximum absolute atomic E-state index is 12.9. The predicted molar refractivity (Wildman–Crippen MR) is 112 cm³/mol. The Morgan fingerprint density at radius 2 is 1.97 bits per heavy atom. The number of thiophene rings is 1. The van der Waals surface area contributed by atoms with Crippen molar-refractivity contribution in [3.8, 4) is 0 Å². The fourth-order valence-electron chi connectivity index (χ4n) is 3.59. The summed E-state index contributed by atoms with van der Waals surface area (Å²) in [6.07, 6.45) is 2.56. The topological polar surface area (TPSA) is 102 Å². The van der Waals surface area contributed by atoms with Gasteiger partial charge in [-0.05, 0) is 32.3 Å². The smallest absolute Gasteiger partial charge is 0.309 e. The summed E-state index contributed by atoms with van der Waals surface area (Å²) < 4.78 is 6.43. The monoisotopic (exact) mass is 434 g/mol. The number of likely N-dealkylation sites (tertiary alicyclic amines) is 1. The Kier molecular flexibility index (Phi) is 6.55. The number of nitrogens with zero attached hydrogens (tertiary/aromatic N) is 4. The van der Waals surface area contributed by atoms with Crippen LogP contribution in [0.15, 0.2) is 11.1 Å². The number of piperidine rings is 1. The molecule has 1 saturated heterocycles. The number of hydrogen-bond donors (Lipinski definition) is 0. The number of esters is 1. The Morgan fingerprint density at radius 3 is 2.60 bits per heavy atom. The summed E-state index contributed by atoms with van der Waals surface area (Å²) in [5.74, 6) is -0.866. The van der Waals surface area contributed by atoms with Crippen LogP contribution in [0.2, 0.25) is 0 Å². The molecule has 0 radical (unpaired) electrons. The number of likely N-dealkylation sites (N-methyl/N-ethyl adjacent to an activating group) is 1. The maximum Gasteiger partial charge on any atom is 0.309 e. The molecule has 2 aromatic heterocycles. The number of fused-ring (bicyclic) bond motifs is 1. The Morgan fingerprint density at radius 1 is 1.30 bits per heavy atom. The van der Waals surface area contributed by atoms with Gasteiger partial charge in [0, 0.05) is 27.2 Å². The molecule has 1 aliphatic rings. The maximum atomic E-state index is 12.9. The van der Waals surface area contributed by atoms with Crippen molar-refractivity contribution in [2.24, 2.45) is 13.0 Å². The van der Waals surface area contributed by atoms with Crippen molar-refractivity contribution in [3.05, 3.63) is 27.1 Å². The number of carbonyl (C=O) groups is 3. The van der Waals surface area contributed by atoms with E-state index in [9.17, 15) is 19.2 Å². The second kappa shape index (κ2) is 8.95. The minimum atomic E-state index is -0.313. The van der Waals surface area contributed by atoms with E-state index in [2.05, 4.69) is 4.98 Å². The Hall–Kier alpha value is -2.75. The van der Waals surface area contributed by atoms with Gasteiger partial charge in [0.25, 0.3) is 11.5 Å². The van der Waals surface area contributed by atoms with Gasteiger partial charge in [-0.3, -0.25) is 19.2 Å². The lowest BCUT2D eigenvalue weighted by Crippen LogP contribution is -2.45. The van der Waals surface area contributed by atoms with E-state index in [1.165, 1.54) is 15.8 Å². The number of ether oxygens (including phenoxy) is 1. The summed E-state index contributed by atoms with van der Waals surface area (Å²) in [4.78, 5) is 58.0. The molecule has 1 fully saturated rings. The predicted octanol–water partition coefficient (Wildman–Crippen LogP) is 1.18. The minimum absolute atomic E-state index is 0.0674. The third-order valence-corrected chi connectivity index (χ3v) is 6.58. The molecular weight excluding hydrogens is 408 g/mol. The molecule has 0 bridgehead atoms. The van der Waals surface area contributed by atoms with Crippen molar-refractivity contribution >= 4 is 39.3 Å². The molecule has 0 aliphatic carbocycles. The van der Waals surface area contributed by atoms with Crippen molar-refractivity contribution in [1.82, 2.24) is 19.4 Å². The van der Waals surface area contributed by atoms with E-state index in [4.69, 9.17) is 4.74 Å². The van der Waals surface area contributed by atoms with E-state index >= 15 is 0 Å². The average Bonchev–Trinajstić information content (AvgIpc) is 3.07. The van der Waals surface area contributed by atoms with Gasteiger partial charge in [0.15, 0.2) is 0 Å². The van der Waals surface area contributed by atoms with Gasteiger partial charge in [-0.1, -0.05) is 0 Å². The molecule has 0 N–H and O–H groups in total. The number of aromatic nitrogens is 2. The first kappa shape index (κ1) is 21.9. The first-order valence-electron chi connectivity index (χ1n) is 9.89. The average molecular weight is 435 g/mol. The Labute approximate surface area is 178 Å².